The molecule has 1 rings (SSSR count). The standard InChI is InChI=1S/C17H30N4O2.HI/c1-6-18-17(19-11-12-21(4)7-2)20-14-9-10-15(22-5)16(13-14)23-8-3;/h9-10,13H,6-8,11-12H2,1-5H3,(H2,18,19,20);1H. The first-order chi connectivity index (χ1) is 11.1. The van der Waals surface area contributed by atoms with Crippen LogP contribution in [0.2, 0.25) is 0 Å². The summed E-state index contributed by atoms with van der Waals surface area (Å²) in [6, 6.07) is 5.77. The van der Waals surface area contributed by atoms with Gasteiger partial charge in [0.05, 0.1) is 20.3 Å². The van der Waals surface area contributed by atoms with Gasteiger partial charge in [-0.15, -0.1) is 24.0 Å². The minimum absolute atomic E-state index is 0. The summed E-state index contributed by atoms with van der Waals surface area (Å²) in [4.78, 5) is 6.83. The van der Waals surface area contributed by atoms with Crippen LogP contribution < -0.4 is 20.1 Å². The SMILES string of the molecule is CCNC(=NCCN(C)CC)Nc1ccc(OC)c(OCC)c1.I. The van der Waals surface area contributed by atoms with E-state index in [1.807, 2.05) is 25.1 Å². The fourth-order valence-corrected chi connectivity index (χ4v) is 1.96. The largest absolute Gasteiger partial charge is 0.493 e. The normalized spacial score (nSPS) is 11.0. The average molecular weight is 450 g/mol. The molecule has 0 fully saturated rings. The molecule has 0 aliphatic carbocycles. The monoisotopic (exact) mass is 450 g/mol. The zero-order chi connectivity index (χ0) is 17.1. The molecular weight excluding hydrogens is 419 g/mol. The fourth-order valence-electron chi connectivity index (χ4n) is 1.96. The Bertz CT molecular complexity index is 497. The van der Waals surface area contributed by atoms with Crippen molar-refractivity contribution in [2.75, 3.05) is 52.3 Å². The van der Waals surface area contributed by atoms with Crippen molar-refractivity contribution in [1.29, 1.82) is 0 Å². The van der Waals surface area contributed by atoms with E-state index in [1.54, 1.807) is 7.11 Å². The van der Waals surface area contributed by atoms with Gasteiger partial charge in [0.1, 0.15) is 0 Å². The predicted octanol–water partition coefficient (Wildman–Crippen LogP) is 3.04. The zero-order valence-electron chi connectivity index (χ0n) is 15.4. The van der Waals surface area contributed by atoms with Crippen LogP contribution in [0, 0.1) is 0 Å². The Morgan fingerprint density at radius 3 is 2.54 bits per heavy atom. The minimum Gasteiger partial charge on any atom is -0.493 e. The Morgan fingerprint density at radius 1 is 1.21 bits per heavy atom. The molecule has 0 amide bonds. The first-order valence-corrected chi connectivity index (χ1v) is 8.19. The van der Waals surface area contributed by atoms with Crippen molar-refractivity contribution in [3.05, 3.63) is 18.2 Å². The van der Waals surface area contributed by atoms with Gasteiger partial charge < -0.3 is 25.0 Å². The van der Waals surface area contributed by atoms with Gasteiger partial charge in [0, 0.05) is 24.8 Å². The van der Waals surface area contributed by atoms with Crippen LogP contribution in [-0.2, 0) is 0 Å². The number of anilines is 1. The second kappa shape index (κ2) is 13.1. The van der Waals surface area contributed by atoms with Gasteiger partial charge in [-0.1, -0.05) is 6.92 Å². The highest BCUT2D eigenvalue weighted by Crippen LogP contribution is 2.30. The zero-order valence-corrected chi connectivity index (χ0v) is 17.7. The van der Waals surface area contributed by atoms with Gasteiger partial charge in [0.25, 0.3) is 0 Å². The van der Waals surface area contributed by atoms with Gasteiger partial charge in [-0.05, 0) is 39.6 Å². The van der Waals surface area contributed by atoms with Crippen molar-refractivity contribution < 1.29 is 9.47 Å². The molecule has 0 saturated carbocycles. The molecule has 24 heavy (non-hydrogen) atoms. The van der Waals surface area contributed by atoms with Gasteiger partial charge >= 0.3 is 0 Å². The molecule has 0 heterocycles. The van der Waals surface area contributed by atoms with Gasteiger partial charge in [0.2, 0.25) is 0 Å². The smallest absolute Gasteiger partial charge is 0.195 e. The van der Waals surface area contributed by atoms with Crippen molar-refractivity contribution in [1.82, 2.24) is 10.2 Å². The van der Waals surface area contributed by atoms with E-state index in [0.717, 1.165) is 49.3 Å². The third-order valence-electron chi connectivity index (χ3n) is 3.36. The number of hydrogen-bond acceptors (Lipinski definition) is 4. The van der Waals surface area contributed by atoms with E-state index in [4.69, 9.17) is 9.47 Å². The highest BCUT2D eigenvalue weighted by Gasteiger charge is 2.07. The molecule has 0 aromatic heterocycles. The number of nitrogens with one attached hydrogen (secondary N) is 2. The number of guanidine groups is 1. The maximum Gasteiger partial charge on any atom is 0.195 e. The summed E-state index contributed by atoms with van der Waals surface area (Å²) >= 11 is 0. The first kappa shape index (κ1) is 22.8. The van der Waals surface area contributed by atoms with Crippen LogP contribution in [0.1, 0.15) is 20.8 Å². The Kier molecular flexibility index (Phi) is 12.4. The van der Waals surface area contributed by atoms with E-state index in [-0.39, 0.29) is 24.0 Å². The number of methoxy groups -OCH3 is 1. The second-order valence-electron chi connectivity index (χ2n) is 5.08. The van der Waals surface area contributed by atoms with E-state index in [0.29, 0.717) is 6.61 Å². The van der Waals surface area contributed by atoms with E-state index < -0.39 is 0 Å². The van der Waals surface area contributed by atoms with Crippen LogP contribution in [0.4, 0.5) is 5.69 Å². The van der Waals surface area contributed by atoms with Gasteiger partial charge in [-0.3, -0.25) is 4.99 Å². The lowest BCUT2D eigenvalue weighted by Gasteiger charge is -2.15. The molecule has 0 aliphatic heterocycles. The Balaban J connectivity index is 0.00000529. The number of ether oxygens (including phenoxy) is 2. The molecule has 0 aliphatic rings. The number of likely N-dealkylation sites (N-methyl/N-ethyl adjacent to an activating group) is 1. The predicted molar refractivity (Wildman–Crippen MR) is 112 cm³/mol. The van der Waals surface area contributed by atoms with Gasteiger partial charge in [0.15, 0.2) is 17.5 Å². The number of halogens is 1. The number of rotatable bonds is 9. The van der Waals surface area contributed by atoms with Gasteiger partial charge in [-0.2, -0.15) is 0 Å². The van der Waals surface area contributed by atoms with Crippen LogP contribution >= 0.6 is 24.0 Å². The molecule has 6 nitrogen and oxygen atoms in total. The second-order valence-corrected chi connectivity index (χ2v) is 5.08. The summed E-state index contributed by atoms with van der Waals surface area (Å²) in [6.45, 7) is 10.2. The molecule has 0 radical (unpaired) electrons. The van der Waals surface area contributed by atoms with Crippen LogP contribution in [0.5, 0.6) is 11.5 Å². The number of hydrogen-bond donors (Lipinski definition) is 2. The van der Waals surface area contributed by atoms with Crippen LogP contribution in [0.25, 0.3) is 0 Å². The molecule has 1 aromatic rings. The lowest BCUT2D eigenvalue weighted by Crippen LogP contribution is -2.32. The summed E-state index contributed by atoms with van der Waals surface area (Å²) in [7, 11) is 3.73. The van der Waals surface area contributed by atoms with Crippen molar-refractivity contribution in [3.8, 4) is 11.5 Å². The molecule has 0 unspecified atom stereocenters. The number of aliphatic imine (C=N–C) groups is 1. The Labute approximate surface area is 163 Å². The minimum atomic E-state index is 0. The van der Waals surface area contributed by atoms with Gasteiger partial charge in [-0.25, -0.2) is 0 Å². The van der Waals surface area contributed by atoms with Crippen molar-refractivity contribution >= 4 is 35.6 Å². The Morgan fingerprint density at radius 2 is 1.96 bits per heavy atom. The summed E-state index contributed by atoms with van der Waals surface area (Å²) in [5, 5.41) is 6.56. The molecule has 0 saturated heterocycles. The molecule has 1 aromatic carbocycles. The van der Waals surface area contributed by atoms with E-state index in [9.17, 15) is 0 Å². The number of benzene rings is 1. The quantitative estimate of drug-likeness (QED) is 0.344. The summed E-state index contributed by atoms with van der Waals surface area (Å²) in [6.07, 6.45) is 0. The highest BCUT2D eigenvalue weighted by molar-refractivity contribution is 14.0. The van der Waals surface area contributed by atoms with E-state index in [2.05, 4.69) is 41.4 Å². The molecule has 138 valence electrons. The molecular formula is C17H31IN4O2. The average Bonchev–Trinajstić information content (AvgIpc) is 2.55. The fraction of sp³-hybridized carbons (Fsp3) is 0.588. The lowest BCUT2D eigenvalue weighted by molar-refractivity contribution is 0.311. The van der Waals surface area contributed by atoms with Crippen LogP contribution in [0.3, 0.4) is 0 Å². The van der Waals surface area contributed by atoms with E-state index in [1.165, 1.54) is 0 Å². The summed E-state index contributed by atoms with van der Waals surface area (Å²) < 4.78 is 10.9. The first-order valence-electron chi connectivity index (χ1n) is 8.19. The summed E-state index contributed by atoms with van der Waals surface area (Å²) in [5.41, 5.74) is 0.915. The maximum absolute atomic E-state index is 5.61. The number of nitrogens with zero attached hydrogens (tertiary/aromatic N) is 2. The van der Waals surface area contributed by atoms with E-state index >= 15 is 0 Å². The third-order valence-corrected chi connectivity index (χ3v) is 3.36. The topological polar surface area (TPSA) is 58.1 Å². The Hall–Kier alpha value is -1.22. The van der Waals surface area contributed by atoms with Crippen LogP contribution in [0.15, 0.2) is 23.2 Å². The third kappa shape index (κ3) is 8.05. The van der Waals surface area contributed by atoms with Crippen molar-refractivity contribution in [3.63, 3.8) is 0 Å². The molecule has 2 N–H and O–H groups in total. The molecule has 7 heteroatoms. The van der Waals surface area contributed by atoms with Crippen LogP contribution in [-0.4, -0.2) is 57.8 Å². The lowest BCUT2D eigenvalue weighted by atomic mass is 10.2. The maximum atomic E-state index is 5.61. The highest BCUT2D eigenvalue weighted by atomic mass is 127. The molecule has 0 bridgehead atoms. The molecule has 0 atom stereocenters. The van der Waals surface area contributed by atoms with Crippen molar-refractivity contribution in [2.45, 2.75) is 20.8 Å². The summed E-state index contributed by atoms with van der Waals surface area (Å²) in [5.74, 6) is 2.22. The molecule has 0 spiro atoms. The van der Waals surface area contributed by atoms with Crippen molar-refractivity contribution in [2.24, 2.45) is 4.99 Å².